The van der Waals surface area contributed by atoms with Crippen molar-refractivity contribution < 1.29 is 18.1 Å². The Morgan fingerprint density at radius 3 is 2.46 bits per heavy atom. The smallest absolute Gasteiger partial charge is 0.295 e. The number of hydrogen-bond acceptors (Lipinski definition) is 6. The minimum absolute atomic E-state index is 0.00215. The Bertz CT molecular complexity index is 1050. The minimum atomic E-state index is -4.53. The average molecular weight is 364 g/mol. The lowest BCUT2D eigenvalue weighted by molar-refractivity contribution is 0.479. The van der Waals surface area contributed by atoms with Gasteiger partial charge < -0.3 is 5.11 Å². The predicted molar refractivity (Wildman–Crippen MR) is 88.9 cm³/mol. The van der Waals surface area contributed by atoms with Gasteiger partial charge in [-0.3, -0.25) is 9.54 Å². The second-order valence-electron chi connectivity index (χ2n) is 4.79. The summed E-state index contributed by atoms with van der Waals surface area (Å²) in [6.45, 7) is 0. The zero-order valence-corrected chi connectivity index (χ0v) is 13.5. The van der Waals surface area contributed by atoms with Crippen LogP contribution in [0.4, 0.5) is 11.4 Å². The van der Waals surface area contributed by atoms with Gasteiger partial charge in [0.15, 0.2) is 5.75 Å². The molecule has 3 rings (SSSR count). The number of azo groups is 1. The van der Waals surface area contributed by atoms with Gasteiger partial charge in [-0.25, -0.2) is 0 Å². The van der Waals surface area contributed by atoms with Crippen molar-refractivity contribution in [1.82, 2.24) is 4.98 Å². The number of phenols is 1. The van der Waals surface area contributed by atoms with Crippen molar-refractivity contribution in [1.29, 1.82) is 0 Å². The first-order valence-electron chi connectivity index (χ1n) is 6.62. The predicted octanol–water partition coefficient (Wildman–Crippen LogP) is 4.26. The van der Waals surface area contributed by atoms with Crippen molar-refractivity contribution in [3.8, 4) is 5.75 Å². The van der Waals surface area contributed by atoms with Gasteiger partial charge in [-0.15, -0.1) is 5.11 Å². The van der Waals surface area contributed by atoms with Crippen LogP contribution in [0, 0.1) is 0 Å². The molecule has 0 aliphatic rings. The van der Waals surface area contributed by atoms with Crippen LogP contribution in [0.1, 0.15) is 0 Å². The van der Waals surface area contributed by atoms with Gasteiger partial charge in [0.1, 0.15) is 16.1 Å². The Balaban J connectivity index is 2.18. The topological polar surface area (TPSA) is 112 Å². The lowest BCUT2D eigenvalue weighted by atomic mass is 10.2. The fourth-order valence-electron chi connectivity index (χ4n) is 2.09. The van der Waals surface area contributed by atoms with Crippen molar-refractivity contribution in [2.24, 2.45) is 10.2 Å². The molecule has 0 amide bonds. The summed E-state index contributed by atoms with van der Waals surface area (Å²) in [5, 5.41) is 18.6. The van der Waals surface area contributed by atoms with Crippen molar-refractivity contribution in [3.63, 3.8) is 0 Å². The summed E-state index contributed by atoms with van der Waals surface area (Å²) < 4.78 is 32.6. The molecule has 122 valence electrons. The Kier molecular flexibility index (Phi) is 4.18. The molecule has 1 heterocycles. The van der Waals surface area contributed by atoms with Crippen molar-refractivity contribution in [2.75, 3.05) is 0 Å². The third kappa shape index (κ3) is 3.21. The Morgan fingerprint density at radius 1 is 1.08 bits per heavy atom. The molecule has 9 heteroatoms. The van der Waals surface area contributed by atoms with Crippen LogP contribution in [0.25, 0.3) is 10.9 Å². The van der Waals surface area contributed by atoms with E-state index >= 15 is 0 Å². The van der Waals surface area contributed by atoms with E-state index < -0.39 is 15.0 Å². The third-order valence-corrected chi connectivity index (χ3v) is 4.33. The van der Waals surface area contributed by atoms with E-state index in [1.54, 1.807) is 24.3 Å². The van der Waals surface area contributed by atoms with Gasteiger partial charge >= 0.3 is 0 Å². The highest BCUT2D eigenvalue weighted by Gasteiger charge is 2.20. The lowest BCUT2D eigenvalue weighted by Gasteiger charge is -2.07. The summed E-state index contributed by atoms with van der Waals surface area (Å²) in [6.07, 6.45) is 1.38. The minimum Gasteiger partial charge on any atom is -0.504 e. The van der Waals surface area contributed by atoms with Crippen LogP contribution in [0.15, 0.2) is 63.8 Å². The highest BCUT2D eigenvalue weighted by molar-refractivity contribution is 7.86. The Labute approximate surface area is 142 Å². The van der Waals surface area contributed by atoms with Crippen LogP contribution in [0.3, 0.4) is 0 Å². The molecule has 1 aromatic heterocycles. The first-order valence-corrected chi connectivity index (χ1v) is 8.43. The molecule has 24 heavy (non-hydrogen) atoms. The summed E-state index contributed by atoms with van der Waals surface area (Å²) in [5.74, 6) is -0.337. The number of rotatable bonds is 3. The molecular weight excluding hydrogens is 354 g/mol. The molecule has 0 saturated carbocycles. The maximum absolute atomic E-state index is 11.6. The number of hydrogen-bond donors (Lipinski definition) is 2. The van der Waals surface area contributed by atoms with Crippen LogP contribution < -0.4 is 0 Å². The van der Waals surface area contributed by atoms with Crippen molar-refractivity contribution in [2.45, 2.75) is 4.90 Å². The number of pyridine rings is 1. The number of phenolic OH excluding ortho intramolecular Hbond substituents is 1. The molecule has 0 fully saturated rings. The van der Waals surface area contributed by atoms with E-state index in [1.165, 1.54) is 18.3 Å². The number of halogens is 1. The van der Waals surface area contributed by atoms with E-state index in [9.17, 15) is 18.1 Å². The number of fused-ring (bicyclic) bond motifs is 1. The van der Waals surface area contributed by atoms with Crippen LogP contribution in [0.5, 0.6) is 5.75 Å². The normalized spacial score (nSPS) is 12.1. The largest absolute Gasteiger partial charge is 0.504 e. The fraction of sp³-hybridized carbons (Fsp3) is 0. The number of nitrogens with zero attached hydrogens (tertiary/aromatic N) is 3. The molecule has 0 atom stereocenters. The second-order valence-corrected chi connectivity index (χ2v) is 6.62. The van der Waals surface area contributed by atoms with Gasteiger partial charge in [-0.2, -0.15) is 13.5 Å². The SMILES string of the molecule is O=S(=O)(O)c1cc(N=Nc2ccc(Cl)cc2)c(O)c2ncccc12. The van der Waals surface area contributed by atoms with E-state index in [2.05, 4.69) is 15.2 Å². The van der Waals surface area contributed by atoms with Crippen LogP contribution in [-0.2, 0) is 10.1 Å². The van der Waals surface area contributed by atoms with E-state index in [-0.39, 0.29) is 22.3 Å². The molecule has 0 aliphatic carbocycles. The summed E-state index contributed by atoms with van der Waals surface area (Å²) in [6, 6.07) is 10.4. The van der Waals surface area contributed by atoms with Gasteiger partial charge in [-0.1, -0.05) is 11.6 Å². The van der Waals surface area contributed by atoms with Crippen molar-refractivity contribution >= 4 is 44.0 Å². The van der Waals surface area contributed by atoms with E-state index in [1.807, 2.05) is 0 Å². The lowest BCUT2D eigenvalue weighted by Crippen LogP contribution is -1.99. The van der Waals surface area contributed by atoms with E-state index in [0.717, 1.165) is 6.07 Å². The molecule has 7 nitrogen and oxygen atoms in total. The quantitative estimate of drug-likeness (QED) is 0.533. The van der Waals surface area contributed by atoms with E-state index in [4.69, 9.17) is 11.6 Å². The summed E-state index contributed by atoms with van der Waals surface area (Å²) in [7, 11) is -4.53. The van der Waals surface area contributed by atoms with Crippen molar-refractivity contribution in [3.05, 3.63) is 53.7 Å². The second kappa shape index (κ2) is 6.16. The van der Waals surface area contributed by atoms with Gasteiger partial charge in [0.25, 0.3) is 10.1 Å². The molecule has 3 aromatic rings. The third-order valence-electron chi connectivity index (χ3n) is 3.19. The Hall–Kier alpha value is -2.55. The van der Waals surface area contributed by atoms with Crippen LogP contribution >= 0.6 is 11.6 Å². The first-order chi connectivity index (χ1) is 11.4. The molecule has 0 spiro atoms. The molecule has 0 unspecified atom stereocenters. The number of aromatic nitrogens is 1. The first kappa shape index (κ1) is 16.3. The van der Waals surface area contributed by atoms with Crippen LogP contribution in [0.2, 0.25) is 5.02 Å². The Morgan fingerprint density at radius 2 is 1.79 bits per heavy atom. The number of aromatic hydroxyl groups is 1. The average Bonchev–Trinajstić information content (AvgIpc) is 2.55. The highest BCUT2D eigenvalue weighted by Crippen LogP contribution is 2.38. The highest BCUT2D eigenvalue weighted by atomic mass is 35.5. The molecule has 0 aliphatic heterocycles. The molecule has 2 aromatic carbocycles. The fourth-order valence-corrected chi connectivity index (χ4v) is 2.92. The standard InChI is InChI=1S/C15H10ClN3O4S/c16-9-3-5-10(6-4-9)18-19-12-8-13(24(21,22)23)11-2-1-7-17-14(11)15(12)20/h1-8,20H,(H,21,22,23). The van der Waals surface area contributed by atoms with E-state index in [0.29, 0.717) is 10.7 Å². The molecule has 0 bridgehead atoms. The van der Waals surface area contributed by atoms with Gasteiger partial charge in [0, 0.05) is 16.6 Å². The molecular formula is C15H10ClN3O4S. The van der Waals surface area contributed by atoms with Crippen LogP contribution in [-0.4, -0.2) is 23.1 Å². The summed E-state index contributed by atoms with van der Waals surface area (Å²) in [5.41, 5.74) is 0.315. The zero-order valence-electron chi connectivity index (χ0n) is 12.0. The van der Waals surface area contributed by atoms with Gasteiger partial charge in [0.05, 0.1) is 5.69 Å². The van der Waals surface area contributed by atoms with Gasteiger partial charge in [-0.05, 0) is 42.5 Å². The monoisotopic (exact) mass is 363 g/mol. The summed E-state index contributed by atoms with van der Waals surface area (Å²) in [4.78, 5) is 3.53. The maximum Gasteiger partial charge on any atom is 0.295 e. The summed E-state index contributed by atoms with van der Waals surface area (Å²) >= 11 is 5.78. The molecule has 0 saturated heterocycles. The number of benzene rings is 2. The zero-order chi connectivity index (χ0) is 17.3. The molecule has 2 N–H and O–H groups in total. The maximum atomic E-state index is 11.6. The molecule has 0 radical (unpaired) electrons. The van der Waals surface area contributed by atoms with Gasteiger partial charge in [0.2, 0.25) is 0 Å².